The zero-order valence-corrected chi connectivity index (χ0v) is 6.64. The Labute approximate surface area is 69.1 Å². The number of rotatable bonds is 0. The van der Waals surface area contributed by atoms with Gasteiger partial charge in [-0.15, -0.1) is 0 Å². The molecule has 1 aliphatic heterocycles. The van der Waals surface area contributed by atoms with Crippen LogP contribution in [0.1, 0.15) is 5.56 Å². The lowest BCUT2D eigenvalue weighted by Gasteiger charge is -2.08. The van der Waals surface area contributed by atoms with Crippen molar-refractivity contribution >= 4 is 18.2 Å². The minimum absolute atomic E-state index is 0.333. The van der Waals surface area contributed by atoms with Gasteiger partial charge in [0.15, 0.2) is 0 Å². The number of benzene rings is 1. The fraction of sp³-hybridized carbons (Fsp3) is 0.125. The molecule has 56 valence electrons. The first-order chi connectivity index (χ1) is 5.36. The van der Waals surface area contributed by atoms with E-state index in [4.69, 9.17) is 5.11 Å². The highest BCUT2D eigenvalue weighted by Crippen LogP contribution is 2.29. The molecule has 0 fully saturated rings. The van der Waals surface area contributed by atoms with Gasteiger partial charge in [-0.05, 0) is 23.8 Å². The second kappa shape index (κ2) is 2.58. The first-order valence-corrected chi connectivity index (χ1v) is 4.14. The van der Waals surface area contributed by atoms with Crippen LogP contribution in [0.4, 0.5) is 0 Å². The molecule has 0 saturated carbocycles. The van der Waals surface area contributed by atoms with Crippen LogP contribution in [0.25, 0.3) is 0 Å². The molecular formula is C8H7NOS. The van der Waals surface area contributed by atoms with Gasteiger partial charge in [-0.2, -0.15) is 0 Å². The predicted octanol–water partition coefficient (Wildman–Crippen LogP) is 2.03. The number of aromatic hydroxyl groups is 1. The maximum Gasteiger partial charge on any atom is 0.115 e. The summed E-state index contributed by atoms with van der Waals surface area (Å²) in [5, 5.41) is 9.13. The summed E-state index contributed by atoms with van der Waals surface area (Å²) in [6.07, 6.45) is 2.68. The molecule has 0 saturated heterocycles. The van der Waals surface area contributed by atoms with Crippen molar-refractivity contribution in [1.82, 2.24) is 0 Å². The van der Waals surface area contributed by atoms with E-state index in [0.717, 1.165) is 16.9 Å². The number of phenols is 1. The molecule has 0 radical (unpaired) electrons. The van der Waals surface area contributed by atoms with Gasteiger partial charge < -0.3 is 5.11 Å². The van der Waals surface area contributed by atoms with Crippen molar-refractivity contribution in [1.29, 1.82) is 0 Å². The molecule has 1 aliphatic rings. The Kier molecular flexibility index (Phi) is 1.58. The maximum absolute atomic E-state index is 9.13. The van der Waals surface area contributed by atoms with Crippen LogP contribution in [-0.2, 0) is 6.42 Å². The highest BCUT2D eigenvalue weighted by atomic mass is 32.2. The standard InChI is InChI=1S/C8H7NOS/c10-7-1-2-8-6(5-7)3-4-9-11-8/h1-2,4-5,10H,3H2. The maximum atomic E-state index is 9.13. The van der Waals surface area contributed by atoms with Crippen LogP contribution in [0.15, 0.2) is 27.5 Å². The van der Waals surface area contributed by atoms with Crippen LogP contribution < -0.4 is 0 Å². The summed E-state index contributed by atoms with van der Waals surface area (Å²) in [6, 6.07) is 5.37. The summed E-state index contributed by atoms with van der Waals surface area (Å²) in [7, 11) is 0. The smallest absolute Gasteiger partial charge is 0.115 e. The van der Waals surface area contributed by atoms with E-state index in [1.54, 1.807) is 12.1 Å². The molecule has 1 aromatic carbocycles. The average molecular weight is 165 g/mol. The Balaban J connectivity index is 2.48. The van der Waals surface area contributed by atoms with Gasteiger partial charge in [0.2, 0.25) is 0 Å². The molecule has 0 bridgehead atoms. The van der Waals surface area contributed by atoms with Gasteiger partial charge in [-0.25, -0.2) is 4.40 Å². The zero-order valence-electron chi connectivity index (χ0n) is 5.82. The number of phenolic OH excluding ortho intramolecular Hbond substituents is 1. The predicted molar refractivity (Wildman–Crippen MR) is 46.2 cm³/mol. The molecule has 3 heteroatoms. The summed E-state index contributed by atoms with van der Waals surface area (Å²) >= 11 is 1.46. The van der Waals surface area contributed by atoms with E-state index >= 15 is 0 Å². The van der Waals surface area contributed by atoms with E-state index in [0.29, 0.717) is 5.75 Å². The Morgan fingerprint density at radius 2 is 2.36 bits per heavy atom. The van der Waals surface area contributed by atoms with Crippen molar-refractivity contribution in [3.63, 3.8) is 0 Å². The van der Waals surface area contributed by atoms with Crippen molar-refractivity contribution in [2.75, 3.05) is 0 Å². The van der Waals surface area contributed by atoms with Crippen LogP contribution in [0.5, 0.6) is 5.75 Å². The van der Waals surface area contributed by atoms with Crippen molar-refractivity contribution in [2.24, 2.45) is 4.40 Å². The minimum atomic E-state index is 0.333. The lowest BCUT2D eigenvalue weighted by molar-refractivity contribution is 0.474. The van der Waals surface area contributed by atoms with Crippen molar-refractivity contribution in [3.8, 4) is 5.75 Å². The van der Waals surface area contributed by atoms with E-state index < -0.39 is 0 Å². The molecule has 0 aliphatic carbocycles. The van der Waals surface area contributed by atoms with Gasteiger partial charge in [0.05, 0.1) is 0 Å². The third kappa shape index (κ3) is 1.24. The molecule has 11 heavy (non-hydrogen) atoms. The van der Waals surface area contributed by atoms with Crippen molar-refractivity contribution in [3.05, 3.63) is 23.8 Å². The molecule has 2 nitrogen and oxygen atoms in total. The molecule has 2 rings (SSSR count). The molecule has 0 unspecified atom stereocenters. The molecule has 1 heterocycles. The largest absolute Gasteiger partial charge is 0.508 e. The molecule has 1 aromatic rings. The summed E-state index contributed by atoms with van der Waals surface area (Å²) in [6.45, 7) is 0. The van der Waals surface area contributed by atoms with Crippen LogP contribution in [0.3, 0.4) is 0 Å². The zero-order chi connectivity index (χ0) is 7.68. The molecule has 0 aromatic heterocycles. The van der Waals surface area contributed by atoms with Crippen LogP contribution >= 0.6 is 11.9 Å². The summed E-state index contributed by atoms with van der Waals surface area (Å²) in [4.78, 5) is 1.14. The van der Waals surface area contributed by atoms with Crippen molar-refractivity contribution in [2.45, 2.75) is 11.3 Å². The topological polar surface area (TPSA) is 32.6 Å². The monoisotopic (exact) mass is 165 g/mol. The van der Waals surface area contributed by atoms with Crippen LogP contribution in [0, 0.1) is 0 Å². The lowest BCUT2D eigenvalue weighted by atomic mass is 10.1. The Hall–Kier alpha value is -0.960. The van der Waals surface area contributed by atoms with Crippen LogP contribution in [0.2, 0.25) is 0 Å². The normalized spacial score (nSPS) is 14.5. The number of hydrogen-bond donors (Lipinski definition) is 1. The van der Waals surface area contributed by atoms with Gasteiger partial charge in [0.1, 0.15) is 5.75 Å². The Bertz CT molecular complexity index is 309. The Morgan fingerprint density at radius 3 is 3.27 bits per heavy atom. The minimum Gasteiger partial charge on any atom is -0.508 e. The summed E-state index contributed by atoms with van der Waals surface area (Å²) in [5.41, 5.74) is 1.16. The van der Waals surface area contributed by atoms with Gasteiger partial charge in [0.25, 0.3) is 0 Å². The SMILES string of the molecule is Oc1ccc2c(c1)CC=NS2. The first-order valence-electron chi connectivity index (χ1n) is 3.37. The highest BCUT2D eigenvalue weighted by Gasteiger charge is 2.06. The van der Waals surface area contributed by atoms with E-state index in [2.05, 4.69) is 4.40 Å². The van der Waals surface area contributed by atoms with E-state index in [1.807, 2.05) is 12.3 Å². The third-order valence-electron chi connectivity index (χ3n) is 1.58. The van der Waals surface area contributed by atoms with E-state index in [9.17, 15) is 0 Å². The Morgan fingerprint density at radius 1 is 1.45 bits per heavy atom. The van der Waals surface area contributed by atoms with E-state index in [1.165, 1.54) is 11.9 Å². The van der Waals surface area contributed by atoms with Gasteiger partial charge in [0, 0.05) is 29.5 Å². The van der Waals surface area contributed by atoms with Gasteiger partial charge >= 0.3 is 0 Å². The lowest BCUT2D eigenvalue weighted by Crippen LogP contribution is -1.92. The second-order valence-electron chi connectivity index (χ2n) is 2.38. The van der Waals surface area contributed by atoms with Crippen LogP contribution in [-0.4, -0.2) is 11.3 Å². The molecule has 1 N–H and O–H groups in total. The quantitative estimate of drug-likeness (QED) is 0.596. The summed E-state index contributed by atoms with van der Waals surface area (Å²) in [5.74, 6) is 0.333. The number of fused-ring (bicyclic) bond motifs is 1. The number of hydrogen-bond acceptors (Lipinski definition) is 3. The molecule has 0 spiro atoms. The fourth-order valence-electron chi connectivity index (χ4n) is 1.04. The second-order valence-corrected chi connectivity index (χ2v) is 3.21. The molecule has 0 atom stereocenters. The first kappa shape index (κ1) is 6.73. The third-order valence-corrected chi connectivity index (χ3v) is 2.43. The van der Waals surface area contributed by atoms with Gasteiger partial charge in [-0.1, -0.05) is 0 Å². The van der Waals surface area contributed by atoms with Crippen molar-refractivity contribution < 1.29 is 5.11 Å². The fourth-order valence-corrected chi connectivity index (χ4v) is 1.70. The van der Waals surface area contributed by atoms with E-state index in [-0.39, 0.29) is 0 Å². The van der Waals surface area contributed by atoms with Gasteiger partial charge in [-0.3, -0.25) is 0 Å². The molecular weight excluding hydrogens is 158 g/mol. The summed E-state index contributed by atoms with van der Waals surface area (Å²) < 4.78 is 4.06. The molecule has 0 amide bonds. The number of nitrogens with zero attached hydrogens (tertiary/aromatic N) is 1. The average Bonchev–Trinajstić information content (AvgIpc) is 2.04. The highest BCUT2D eigenvalue weighted by molar-refractivity contribution is 7.98.